The van der Waals surface area contributed by atoms with Gasteiger partial charge in [-0.2, -0.15) is 0 Å². The normalized spacial score (nSPS) is 17.7. The fourth-order valence-electron chi connectivity index (χ4n) is 4.33. The van der Waals surface area contributed by atoms with Crippen molar-refractivity contribution in [2.45, 2.75) is 93.8 Å². The summed E-state index contributed by atoms with van der Waals surface area (Å²) in [5.74, 6) is -2.47. The van der Waals surface area contributed by atoms with Crippen LogP contribution in [-0.4, -0.2) is 62.0 Å². The Morgan fingerprint density at radius 3 is 1.79 bits per heavy atom. The standard InChI is InChI=1S/C28H36N2O6S3/c1-28(2,3)18-13-14-19-20(17-18)39-26(38-19)23-24(35)29(15-9-5-4-7-11-21(31)32)27(37)30(25(23)36)16-10-6-8-12-22(33)34/h13-14,17H,4-12,15-16H2,1-3H3,(H,31,32)(H,33,34)/b26-23+. The lowest BCUT2D eigenvalue weighted by atomic mass is 9.87. The summed E-state index contributed by atoms with van der Waals surface area (Å²) in [6, 6.07) is 6.25. The van der Waals surface area contributed by atoms with Crippen LogP contribution in [0.15, 0.2) is 37.8 Å². The van der Waals surface area contributed by atoms with Gasteiger partial charge in [-0.1, -0.05) is 69.6 Å². The molecule has 2 amide bonds. The maximum Gasteiger partial charge on any atom is 0.303 e. The van der Waals surface area contributed by atoms with Crippen LogP contribution in [0.25, 0.3) is 0 Å². The number of thiocarbonyl (C=S) groups is 1. The van der Waals surface area contributed by atoms with E-state index in [9.17, 15) is 19.2 Å². The molecule has 0 aromatic heterocycles. The van der Waals surface area contributed by atoms with Crippen LogP contribution in [0.4, 0.5) is 0 Å². The zero-order valence-electron chi connectivity index (χ0n) is 22.7. The molecule has 0 bridgehead atoms. The smallest absolute Gasteiger partial charge is 0.303 e. The molecule has 39 heavy (non-hydrogen) atoms. The number of unbranched alkanes of at least 4 members (excludes halogenated alkanes) is 5. The van der Waals surface area contributed by atoms with E-state index in [1.165, 1.54) is 38.9 Å². The fraction of sp³-hybridized carbons (Fsp3) is 0.536. The number of hydrogen-bond donors (Lipinski definition) is 2. The van der Waals surface area contributed by atoms with E-state index < -0.39 is 23.8 Å². The number of carbonyl (C=O) groups excluding carboxylic acids is 2. The lowest BCUT2D eigenvalue weighted by Crippen LogP contribution is -2.56. The Balaban J connectivity index is 1.80. The van der Waals surface area contributed by atoms with Gasteiger partial charge in [-0.3, -0.25) is 29.0 Å². The highest BCUT2D eigenvalue weighted by Gasteiger charge is 2.42. The first-order valence-electron chi connectivity index (χ1n) is 13.3. The number of nitrogens with zero attached hydrogens (tertiary/aromatic N) is 2. The van der Waals surface area contributed by atoms with Gasteiger partial charge in [0.15, 0.2) is 5.11 Å². The lowest BCUT2D eigenvalue weighted by Gasteiger charge is -2.37. The predicted octanol–water partition coefficient (Wildman–Crippen LogP) is 6.03. The minimum absolute atomic E-state index is 0.0302. The number of hydrogen-bond acceptors (Lipinski definition) is 7. The SMILES string of the molecule is CC(C)(C)c1ccc2c(c1)S/C(=C1\C(=O)N(CCCCCCC(=O)O)C(=S)N(CCCCCC(=O)O)C1=O)S2. The number of amides is 2. The van der Waals surface area contributed by atoms with Crippen molar-refractivity contribution in [3.63, 3.8) is 0 Å². The second kappa shape index (κ2) is 13.8. The number of thioether (sulfide) groups is 2. The molecule has 0 aliphatic carbocycles. The third kappa shape index (κ3) is 8.31. The number of carbonyl (C=O) groups is 4. The summed E-state index contributed by atoms with van der Waals surface area (Å²) in [4.78, 5) is 53.9. The average Bonchev–Trinajstić information content (AvgIpc) is 3.26. The van der Waals surface area contributed by atoms with Gasteiger partial charge >= 0.3 is 11.9 Å². The molecule has 2 N–H and O–H groups in total. The van der Waals surface area contributed by atoms with E-state index in [2.05, 4.69) is 32.9 Å². The molecule has 0 saturated carbocycles. The zero-order chi connectivity index (χ0) is 28.7. The zero-order valence-corrected chi connectivity index (χ0v) is 25.1. The topological polar surface area (TPSA) is 115 Å². The molecule has 0 unspecified atom stereocenters. The highest BCUT2D eigenvalue weighted by Crippen LogP contribution is 2.53. The summed E-state index contributed by atoms with van der Waals surface area (Å²) in [5.41, 5.74) is 1.27. The monoisotopic (exact) mass is 592 g/mol. The summed E-state index contributed by atoms with van der Waals surface area (Å²) in [6.07, 6.45) is 4.61. The van der Waals surface area contributed by atoms with Crippen LogP contribution in [0.2, 0.25) is 0 Å². The van der Waals surface area contributed by atoms with Crippen molar-refractivity contribution < 1.29 is 29.4 Å². The summed E-state index contributed by atoms with van der Waals surface area (Å²) < 4.78 is 0.649. The summed E-state index contributed by atoms with van der Waals surface area (Å²) in [5, 5.41) is 17.9. The molecule has 0 spiro atoms. The third-order valence-electron chi connectivity index (χ3n) is 6.59. The highest BCUT2D eigenvalue weighted by molar-refractivity contribution is 8.24. The van der Waals surface area contributed by atoms with E-state index in [1.807, 2.05) is 6.07 Å². The van der Waals surface area contributed by atoms with Crippen molar-refractivity contribution in [3.8, 4) is 0 Å². The van der Waals surface area contributed by atoms with Gasteiger partial charge in [0.2, 0.25) is 0 Å². The maximum atomic E-state index is 13.7. The van der Waals surface area contributed by atoms with Crippen LogP contribution >= 0.6 is 35.7 Å². The molecule has 8 nitrogen and oxygen atoms in total. The maximum absolute atomic E-state index is 13.7. The molecular formula is C28H36N2O6S3. The van der Waals surface area contributed by atoms with Crippen molar-refractivity contribution in [2.24, 2.45) is 0 Å². The van der Waals surface area contributed by atoms with Gasteiger partial charge in [-0.05, 0) is 61.0 Å². The molecule has 3 rings (SSSR count). The van der Waals surface area contributed by atoms with Crippen molar-refractivity contribution in [3.05, 3.63) is 33.6 Å². The van der Waals surface area contributed by atoms with Gasteiger partial charge < -0.3 is 10.2 Å². The molecule has 1 fully saturated rings. The summed E-state index contributed by atoms with van der Waals surface area (Å²) in [7, 11) is 0. The second-order valence-corrected chi connectivity index (χ2v) is 13.5. The summed E-state index contributed by atoms with van der Waals surface area (Å²) in [6.45, 7) is 7.09. The quantitative estimate of drug-likeness (QED) is 0.123. The van der Waals surface area contributed by atoms with Gasteiger partial charge in [0, 0.05) is 35.7 Å². The van der Waals surface area contributed by atoms with Crippen molar-refractivity contribution in [1.82, 2.24) is 9.80 Å². The highest BCUT2D eigenvalue weighted by atomic mass is 32.2. The van der Waals surface area contributed by atoms with Crippen molar-refractivity contribution in [1.29, 1.82) is 0 Å². The predicted molar refractivity (Wildman–Crippen MR) is 157 cm³/mol. The van der Waals surface area contributed by atoms with Gasteiger partial charge in [-0.15, -0.1) is 0 Å². The fourth-order valence-corrected chi connectivity index (χ4v) is 7.24. The number of carboxylic acid groups (broad SMARTS) is 2. The average molecular weight is 593 g/mol. The number of aliphatic carboxylic acids is 2. The Kier molecular flexibility index (Phi) is 11.0. The van der Waals surface area contributed by atoms with Crippen molar-refractivity contribution in [2.75, 3.05) is 13.1 Å². The largest absolute Gasteiger partial charge is 0.481 e. The molecular weight excluding hydrogens is 557 g/mol. The molecule has 1 saturated heterocycles. The Morgan fingerprint density at radius 1 is 0.795 bits per heavy atom. The summed E-state index contributed by atoms with van der Waals surface area (Å²) >= 11 is 8.49. The van der Waals surface area contributed by atoms with E-state index in [1.54, 1.807) is 0 Å². The lowest BCUT2D eigenvalue weighted by molar-refractivity contribution is -0.138. The number of rotatable bonds is 13. The van der Waals surface area contributed by atoms with E-state index in [0.717, 1.165) is 22.6 Å². The first-order chi connectivity index (χ1) is 18.4. The molecule has 0 atom stereocenters. The Hall–Kier alpha value is -2.37. The van der Waals surface area contributed by atoms with Crippen LogP contribution in [0.3, 0.4) is 0 Å². The number of fused-ring (bicyclic) bond motifs is 1. The Bertz CT molecular complexity index is 1170. The molecule has 0 radical (unpaired) electrons. The van der Waals surface area contributed by atoms with Crippen LogP contribution in [0.5, 0.6) is 0 Å². The molecule has 1 aromatic rings. The van der Waals surface area contributed by atoms with Gasteiger partial charge in [0.1, 0.15) is 5.57 Å². The Labute approximate surface area is 243 Å². The Morgan fingerprint density at radius 2 is 1.28 bits per heavy atom. The molecule has 1 aromatic carbocycles. The van der Waals surface area contributed by atoms with E-state index >= 15 is 0 Å². The molecule has 11 heteroatoms. The van der Waals surface area contributed by atoms with E-state index in [4.69, 9.17) is 22.4 Å². The minimum atomic E-state index is -0.851. The van der Waals surface area contributed by atoms with E-state index in [0.29, 0.717) is 49.4 Å². The van der Waals surface area contributed by atoms with Crippen LogP contribution in [0.1, 0.15) is 84.1 Å². The van der Waals surface area contributed by atoms with E-state index in [-0.39, 0.29) is 28.9 Å². The van der Waals surface area contributed by atoms with Crippen LogP contribution < -0.4 is 0 Å². The van der Waals surface area contributed by atoms with Gasteiger partial charge in [0.05, 0.1) is 4.24 Å². The molecule has 2 aliphatic heterocycles. The van der Waals surface area contributed by atoms with Crippen LogP contribution in [0, 0.1) is 0 Å². The number of benzene rings is 1. The first-order valence-corrected chi connectivity index (χ1v) is 15.3. The van der Waals surface area contributed by atoms with Crippen LogP contribution in [-0.2, 0) is 24.6 Å². The van der Waals surface area contributed by atoms with Gasteiger partial charge in [-0.25, -0.2) is 0 Å². The molecule has 2 heterocycles. The first kappa shape index (κ1) is 31.2. The molecule has 212 valence electrons. The minimum Gasteiger partial charge on any atom is -0.481 e. The second-order valence-electron chi connectivity index (χ2n) is 10.7. The third-order valence-corrected chi connectivity index (χ3v) is 9.58. The van der Waals surface area contributed by atoms with Gasteiger partial charge in [0.25, 0.3) is 11.8 Å². The molecule has 2 aliphatic rings. The van der Waals surface area contributed by atoms with Crippen molar-refractivity contribution >= 4 is 64.6 Å². The number of carboxylic acids is 2.